The summed E-state index contributed by atoms with van der Waals surface area (Å²) in [5, 5.41) is 14.2. The Morgan fingerprint density at radius 3 is 2.68 bits per heavy atom. The lowest BCUT2D eigenvalue weighted by Crippen LogP contribution is -2.40. The van der Waals surface area contributed by atoms with Gasteiger partial charge in [0, 0.05) is 25.1 Å². The van der Waals surface area contributed by atoms with Crippen LogP contribution in [0.3, 0.4) is 0 Å². The van der Waals surface area contributed by atoms with Crippen molar-refractivity contribution in [2.45, 2.75) is 52.2 Å². The smallest absolute Gasteiger partial charge is 0.339 e. The molecule has 3 rings (SSSR count). The Bertz CT molecular complexity index is 692. The van der Waals surface area contributed by atoms with Gasteiger partial charge in [0.25, 0.3) is 0 Å². The lowest BCUT2D eigenvalue weighted by Gasteiger charge is -2.32. The molecule has 0 unspecified atom stereocenters. The van der Waals surface area contributed by atoms with Gasteiger partial charge in [0.2, 0.25) is 5.91 Å². The number of aliphatic hydroxyl groups is 1. The molecule has 0 saturated carbocycles. The molecule has 138 valence electrons. The highest BCUT2D eigenvalue weighted by molar-refractivity contribution is 5.85. The molecule has 0 spiro atoms. The summed E-state index contributed by atoms with van der Waals surface area (Å²) < 4.78 is 6.75. The average Bonchev–Trinajstić information content (AvgIpc) is 3.11. The molecular formula is C17H26N4O4. The van der Waals surface area contributed by atoms with E-state index in [1.165, 1.54) is 4.68 Å². The fourth-order valence-electron chi connectivity index (χ4n) is 3.70. The number of nitrogens with zero attached hydrogens (tertiary/aromatic N) is 3. The first-order chi connectivity index (χ1) is 11.7. The van der Waals surface area contributed by atoms with Crippen molar-refractivity contribution in [2.75, 3.05) is 19.7 Å². The Morgan fingerprint density at radius 2 is 2.12 bits per heavy atom. The van der Waals surface area contributed by atoms with E-state index in [9.17, 15) is 14.7 Å². The van der Waals surface area contributed by atoms with E-state index in [1.807, 2.05) is 20.8 Å². The van der Waals surface area contributed by atoms with Crippen molar-refractivity contribution in [1.29, 1.82) is 0 Å². The number of aliphatic hydroxyl groups excluding tert-OH is 1. The molecule has 1 aromatic rings. The monoisotopic (exact) mass is 350 g/mol. The molecule has 0 aliphatic carbocycles. The number of amides is 2. The van der Waals surface area contributed by atoms with Crippen LogP contribution in [0.25, 0.3) is 0 Å². The van der Waals surface area contributed by atoms with Gasteiger partial charge in [0.1, 0.15) is 0 Å². The van der Waals surface area contributed by atoms with Crippen LogP contribution in [0.5, 0.6) is 0 Å². The van der Waals surface area contributed by atoms with Gasteiger partial charge < -0.3 is 20.5 Å². The van der Waals surface area contributed by atoms with Crippen molar-refractivity contribution in [3.63, 3.8) is 0 Å². The highest BCUT2D eigenvalue weighted by atomic mass is 16.5. The Labute approximate surface area is 146 Å². The number of likely N-dealkylation sites (tertiary alicyclic amines) is 1. The summed E-state index contributed by atoms with van der Waals surface area (Å²) in [6, 6.07) is -0.652. The maximum atomic E-state index is 13.2. The number of ether oxygens (including phenoxy) is 1. The Balaban J connectivity index is 2.05. The lowest BCUT2D eigenvalue weighted by atomic mass is 9.76. The van der Waals surface area contributed by atoms with Crippen molar-refractivity contribution in [1.82, 2.24) is 14.7 Å². The number of hydrogen-bond acceptors (Lipinski definition) is 5. The number of hydrogen-bond donors (Lipinski definition) is 2. The predicted octanol–water partition coefficient (Wildman–Crippen LogP) is 0.605. The van der Waals surface area contributed by atoms with Gasteiger partial charge in [-0.25, -0.2) is 4.79 Å². The summed E-state index contributed by atoms with van der Waals surface area (Å²) in [5.41, 5.74) is 7.14. The van der Waals surface area contributed by atoms with E-state index < -0.39 is 23.5 Å². The molecule has 3 N–H and O–H groups in total. The molecule has 3 heterocycles. The number of aromatic nitrogens is 2. The van der Waals surface area contributed by atoms with Gasteiger partial charge in [-0.15, -0.1) is 0 Å². The van der Waals surface area contributed by atoms with Gasteiger partial charge in [-0.1, -0.05) is 20.8 Å². The second-order valence-electron chi connectivity index (χ2n) is 7.89. The second-order valence-corrected chi connectivity index (χ2v) is 7.89. The highest BCUT2D eigenvalue weighted by Gasteiger charge is 2.42. The van der Waals surface area contributed by atoms with Gasteiger partial charge in [0.15, 0.2) is 0 Å². The number of carbonyl (C=O) groups is 2. The summed E-state index contributed by atoms with van der Waals surface area (Å²) in [6.45, 7) is 7.60. The molecule has 0 radical (unpaired) electrons. The van der Waals surface area contributed by atoms with Crippen LogP contribution in [0.2, 0.25) is 0 Å². The van der Waals surface area contributed by atoms with E-state index in [0.29, 0.717) is 44.8 Å². The van der Waals surface area contributed by atoms with Crippen LogP contribution in [0.4, 0.5) is 4.79 Å². The van der Waals surface area contributed by atoms with Crippen LogP contribution < -0.4 is 5.73 Å². The third-order valence-corrected chi connectivity index (χ3v) is 4.92. The van der Waals surface area contributed by atoms with E-state index in [0.717, 1.165) is 11.3 Å². The van der Waals surface area contributed by atoms with Crippen molar-refractivity contribution in [3.05, 3.63) is 17.0 Å². The maximum Gasteiger partial charge on any atom is 0.339 e. The summed E-state index contributed by atoms with van der Waals surface area (Å²) >= 11 is 0. The molecule has 0 bridgehead atoms. The topological polar surface area (TPSA) is 111 Å². The van der Waals surface area contributed by atoms with Gasteiger partial charge in [0.05, 0.1) is 36.6 Å². The molecule has 8 heteroatoms. The van der Waals surface area contributed by atoms with Crippen LogP contribution in [-0.4, -0.2) is 57.5 Å². The normalized spacial score (nSPS) is 21.9. The van der Waals surface area contributed by atoms with Crippen molar-refractivity contribution in [2.24, 2.45) is 11.1 Å². The van der Waals surface area contributed by atoms with Crippen molar-refractivity contribution in [3.8, 4) is 0 Å². The van der Waals surface area contributed by atoms with Crippen LogP contribution in [-0.2, 0) is 22.6 Å². The minimum absolute atomic E-state index is 0.0773. The number of fused-ring (bicyclic) bond motifs is 1. The fourth-order valence-corrected chi connectivity index (χ4v) is 3.70. The molecule has 8 nitrogen and oxygen atoms in total. The first-order valence-electron chi connectivity index (χ1n) is 8.65. The fraction of sp³-hybridized carbons (Fsp3) is 0.706. The number of primary amides is 1. The molecule has 1 fully saturated rings. The zero-order valence-corrected chi connectivity index (χ0v) is 15.0. The van der Waals surface area contributed by atoms with Gasteiger partial charge in [-0.3, -0.25) is 4.79 Å². The van der Waals surface area contributed by atoms with Gasteiger partial charge >= 0.3 is 6.03 Å². The van der Waals surface area contributed by atoms with Crippen LogP contribution >= 0.6 is 0 Å². The largest absolute Gasteiger partial charge is 0.391 e. The van der Waals surface area contributed by atoms with E-state index in [4.69, 9.17) is 10.5 Å². The Kier molecular flexibility index (Phi) is 4.59. The molecule has 2 aliphatic rings. The number of rotatable bonds is 2. The average molecular weight is 350 g/mol. The quantitative estimate of drug-likeness (QED) is 0.812. The Morgan fingerprint density at radius 1 is 1.40 bits per heavy atom. The first-order valence-corrected chi connectivity index (χ1v) is 8.65. The highest BCUT2D eigenvalue weighted by Crippen LogP contribution is 2.40. The molecule has 25 heavy (non-hydrogen) atoms. The number of nitrogens with two attached hydrogens (primary N) is 1. The van der Waals surface area contributed by atoms with E-state index in [1.54, 1.807) is 4.90 Å². The minimum Gasteiger partial charge on any atom is -0.391 e. The van der Waals surface area contributed by atoms with E-state index in [2.05, 4.69) is 5.10 Å². The van der Waals surface area contributed by atoms with Crippen LogP contribution in [0.1, 0.15) is 50.1 Å². The summed E-state index contributed by atoms with van der Waals surface area (Å²) in [7, 11) is 0. The molecule has 2 amide bonds. The van der Waals surface area contributed by atoms with Crippen molar-refractivity contribution < 1.29 is 19.4 Å². The molecule has 0 aromatic carbocycles. The standard InChI is InChI=1S/C17H26N4O4/c1-17(2,3)13(15(23)20-6-4-10(22)8-20)14-11-9-25-7-5-12(11)21(19-14)16(18)24/h10,13,22H,4-9H2,1-3H3,(H2,18,24)/t10-,13-/m0/s1. The maximum absolute atomic E-state index is 13.2. The lowest BCUT2D eigenvalue weighted by molar-refractivity contribution is -0.134. The summed E-state index contributed by atoms with van der Waals surface area (Å²) in [4.78, 5) is 26.7. The third kappa shape index (κ3) is 3.28. The molecule has 2 atom stereocenters. The van der Waals surface area contributed by atoms with Crippen LogP contribution in [0, 0.1) is 5.41 Å². The predicted molar refractivity (Wildman–Crippen MR) is 90.0 cm³/mol. The zero-order chi connectivity index (χ0) is 18.4. The SMILES string of the molecule is CC(C)(C)[C@H](C(=O)N1CC[C@H](O)C1)c1nn(C(N)=O)c2c1COCC2. The molecule has 1 aromatic heterocycles. The zero-order valence-electron chi connectivity index (χ0n) is 15.0. The minimum atomic E-state index is -0.652. The summed E-state index contributed by atoms with van der Waals surface area (Å²) in [5.74, 6) is -0.611. The number of β-amino-alcohol motifs (C(OH)–C–C–N with tert-alkyl or cyclic N) is 1. The van der Waals surface area contributed by atoms with Gasteiger partial charge in [-0.2, -0.15) is 9.78 Å². The van der Waals surface area contributed by atoms with E-state index in [-0.39, 0.29) is 5.91 Å². The van der Waals surface area contributed by atoms with Gasteiger partial charge in [-0.05, 0) is 11.8 Å². The number of carbonyl (C=O) groups excluding carboxylic acids is 2. The summed E-state index contributed by atoms with van der Waals surface area (Å²) in [6.07, 6.45) is 0.642. The van der Waals surface area contributed by atoms with E-state index >= 15 is 0 Å². The molecular weight excluding hydrogens is 324 g/mol. The second kappa shape index (κ2) is 6.42. The first kappa shape index (κ1) is 17.9. The molecule has 1 saturated heterocycles. The van der Waals surface area contributed by atoms with Crippen LogP contribution in [0.15, 0.2) is 0 Å². The molecule has 2 aliphatic heterocycles. The Hall–Kier alpha value is -1.93. The third-order valence-electron chi connectivity index (χ3n) is 4.92. The van der Waals surface area contributed by atoms with Crippen molar-refractivity contribution >= 4 is 11.9 Å².